The van der Waals surface area contributed by atoms with Crippen molar-refractivity contribution in [2.45, 2.75) is 20.3 Å². The number of hydrogen-bond acceptors (Lipinski definition) is 5. The fraction of sp³-hybridized carbons (Fsp3) is 0.364. The summed E-state index contributed by atoms with van der Waals surface area (Å²) in [6.07, 6.45) is 3.78. The lowest BCUT2D eigenvalue weighted by atomic mass is 10.1. The summed E-state index contributed by atoms with van der Waals surface area (Å²) in [5.74, 6) is 1.03. The smallest absolute Gasteiger partial charge is 0.273 e. The largest absolute Gasteiger partial charge is 0.301 e. The first kappa shape index (κ1) is 11.4. The van der Waals surface area contributed by atoms with Gasteiger partial charge in [-0.3, -0.25) is 4.79 Å². The summed E-state index contributed by atoms with van der Waals surface area (Å²) in [5.41, 5.74) is 0.218. The van der Waals surface area contributed by atoms with Crippen LogP contribution in [-0.2, 0) is 6.42 Å². The fourth-order valence-electron chi connectivity index (χ4n) is 1.40. The molecule has 88 valence electrons. The minimum atomic E-state index is -0.226. The van der Waals surface area contributed by atoms with Gasteiger partial charge in [-0.05, 0) is 18.4 Å². The zero-order valence-corrected chi connectivity index (χ0v) is 9.71. The van der Waals surface area contributed by atoms with Crippen LogP contribution in [0.25, 0.3) is 11.6 Å². The first-order valence-corrected chi connectivity index (χ1v) is 5.40. The lowest BCUT2D eigenvalue weighted by Gasteiger charge is -2.02. The Balaban J connectivity index is 2.35. The Morgan fingerprint density at radius 2 is 1.94 bits per heavy atom. The number of hydrogen-bond donors (Lipinski definition) is 1. The van der Waals surface area contributed by atoms with Gasteiger partial charge >= 0.3 is 0 Å². The van der Waals surface area contributed by atoms with Gasteiger partial charge in [0.2, 0.25) is 5.82 Å². The summed E-state index contributed by atoms with van der Waals surface area (Å²) >= 11 is 0. The molecule has 0 saturated carbocycles. The Labute approximate surface area is 98.2 Å². The van der Waals surface area contributed by atoms with Crippen molar-refractivity contribution in [3.63, 3.8) is 0 Å². The number of aromatic amines is 1. The topological polar surface area (TPSA) is 84.4 Å². The van der Waals surface area contributed by atoms with Crippen LogP contribution in [0.5, 0.6) is 0 Å². The van der Waals surface area contributed by atoms with Gasteiger partial charge in [0.05, 0.1) is 0 Å². The van der Waals surface area contributed by atoms with Crippen LogP contribution < -0.4 is 5.56 Å². The quantitative estimate of drug-likeness (QED) is 0.845. The minimum absolute atomic E-state index is 0.226. The van der Waals surface area contributed by atoms with Crippen LogP contribution in [0, 0.1) is 5.92 Å². The van der Waals surface area contributed by atoms with Gasteiger partial charge in [-0.25, -0.2) is 9.97 Å². The van der Waals surface area contributed by atoms with E-state index in [9.17, 15) is 4.79 Å². The molecule has 2 aromatic rings. The molecule has 0 aliphatic heterocycles. The molecular weight excluding hydrogens is 218 g/mol. The van der Waals surface area contributed by atoms with Crippen molar-refractivity contribution in [3.05, 3.63) is 34.5 Å². The molecule has 2 aromatic heterocycles. The molecule has 1 N–H and O–H groups in total. The van der Waals surface area contributed by atoms with E-state index in [0.29, 0.717) is 29.7 Å². The lowest BCUT2D eigenvalue weighted by Crippen LogP contribution is -2.19. The Kier molecular flexibility index (Phi) is 3.22. The third-order valence-electron chi connectivity index (χ3n) is 2.14. The van der Waals surface area contributed by atoms with Gasteiger partial charge in [0.25, 0.3) is 5.56 Å². The molecule has 0 aliphatic carbocycles. The predicted octanol–water partition coefficient (Wildman–Crippen LogP) is 0.820. The standard InChI is InChI=1S/C11H13N5O/c1-7(2)6-8-11(17)14-10(16-15-8)9-12-4-3-5-13-9/h3-5,7H,6H2,1-2H3,(H,14,16,17). The highest BCUT2D eigenvalue weighted by atomic mass is 16.1. The monoisotopic (exact) mass is 231 g/mol. The summed E-state index contributed by atoms with van der Waals surface area (Å²) in [7, 11) is 0. The molecule has 17 heavy (non-hydrogen) atoms. The maximum absolute atomic E-state index is 11.7. The summed E-state index contributed by atoms with van der Waals surface area (Å²) in [5, 5.41) is 7.85. The number of aromatic nitrogens is 5. The van der Waals surface area contributed by atoms with E-state index in [4.69, 9.17) is 0 Å². The Morgan fingerprint density at radius 3 is 2.53 bits per heavy atom. The van der Waals surface area contributed by atoms with E-state index in [-0.39, 0.29) is 5.56 Å². The van der Waals surface area contributed by atoms with Crippen LogP contribution in [0.15, 0.2) is 23.3 Å². The number of rotatable bonds is 3. The Hall–Kier alpha value is -2.11. The first-order chi connectivity index (χ1) is 8.16. The van der Waals surface area contributed by atoms with Crippen LogP contribution in [-0.4, -0.2) is 25.1 Å². The van der Waals surface area contributed by atoms with E-state index >= 15 is 0 Å². The zero-order chi connectivity index (χ0) is 12.3. The third kappa shape index (κ3) is 2.72. The normalized spacial score (nSPS) is 10.8. The molecule has 0 fully saturated rings. The highest BCUT2D eigenvalue weighted by molar-refractivity contribution is 5.40. The lowest BCUT2D eigenvalue weighted by molar-refractivity contribution is 0.619. The summed E-state index contributed by atoms with van der Waals surface area (Å²) in [6.45, 7) is 4.05. The summed E-state index contributed by atoms with van der Waals surface area (Å²) < 4.78 is 0. The van der Waals surface area contributed by atoms with Gasteiger partial charge in [-0.2, -0.15) is 0 Å². The molecule has 0 amide bonds. The minimum Gasteiger partial charge on any atom is -0.301 e. The number of nitrogens with one attached hydrogen (secondary N) is 1. The number of nitrogens with zero attached hydrogens (tertiary/aromatic N) is 4. The molecule has 6 heteroatoms. The average Bonchev–Trinajstić information content (AvgIpc) is 2.32. The highest BCUT2D eigenvalue weighted by Crippen LogP contribution is 2.04. The van der Waals surface area contributed by atoms with Crippen molar-refractivity contribution < 1.29 is 0 Å². The van der Waals surface area contributed by atoms with Gasteiger partial charge in [0, 0.05) is 12.4 Å². The van der Waals surface area contributed by atoms with E-state index in [1.807, 2.05) is 13.8 Å². The molecule has 6 nitrogen and oxygen atoms in total. The van der Waals surface area contributed by atoms with Crippen LogP contribution in [0.1, 0.15) is 19.5 Å². The van der Waals surface area contributed by atoms with Crippen molar-refractivity contribution >= 4 is 0 Å². The maximum Gasteiger partial charge on any atom is 0.273 e. The van der Waals surface area contributed by atoms with Crippen LogP contribution in [0.3, 0.4) is 0 Å². The zero-order valence-electron chi connectivity index (χ0n) is 9.71. The second-order valence-electron chi connectivity index (χ2n) is 4.12. The second-order valence-corrected chi connectivity index (χ2v) is 4.12. The van der Waals surface area contributed by atoms with E-state index in [1.165, 1.54) is 0 Å². The van der Waals surface area contributed by atoms with Crippen LogP contribution in [0.4, 0.5) is 0 Å². The molecule has 0 aliphatic rings. The van der Waals surface area contributed by atoms with E-state index in [1.54, 1.807) is 18.5 Å². The first-order valence-electron chi connectivity index (χ1n) is 5.40. The van der Waals surface area contributed by atoms with Gasteiger partial charge in [-0.1, -0.05) is 13.8 Å². The molecule has 0 spiro atoms. The average molecular weight is 231 g/mol. The van der Waals surface area contributed by atoms with Gasteiger partial charge < -0.3 is 4.98 Å². The Morgan fingerprint density at radius 1 is 1.24 bits per heavy atom. The van der Waals surface area contributed by atoms with Crippen molar-refractivity contribution in [2.24, 2.45) is 5.92 Å². The highest BCUT2D eigenvalue weighted by Gasteiger charge is 2.09. The van der Waals surface area contributed by atoms with E-state index in [2.05, 4.69) is 25.1 Å². The Bertz CT molecular complexity index is 549. The van der Waals surface area contributed by atoms with Crippen molar-refractivity contribution in [3.8, 4) is 11.6 Å². The van der Waals surface area contributed by atoms with Crippen LogP contribution in [0.2, 0.25) is 0 Å². The van der Waals surface area contributed by atoms with Gasteiger partial charge in [0.1, 0.15) is 5.69 Å². The summed E-state index contributed by atoms with van der Waals surface area (Å²) in [6, 6.07) is 1.70. The maximum atomic E-state index is 11.7. The molecule has 0 saturated heterocycles. The SMILES string of the molecule is CC(C)Cc1nnc(-c2ncccn2)[nH]c1=O. The summed E-state index contributed by atoms with van der Waals surface area (Å²) in [4.78, 5) is 22.4. The number of H-pyrrole nitrogens is 1. The van der Waals surface area contributed by atoms with Crippen molar-refractivity contribution in [2.75, 3.05) is 0 Å². The van der Waals surface area contributed by atoms with Crippen molar-refractivity contribution in [1.29, 1.82) is 0 Å². The second kappa shape index (κ2) is 4.82. The van der Waals surface area contributed by atoms with Gasteiger partial charge in [-0.15, -0.1) is 10.2 Å². The molecule has 0 aromatic carbocycles. The molecule has 0 atom stereocenters. The fourth-order valence-corrected chi connectivity index (χ4v) is 1.40. The van der Waals surface area contributed by atoms with Crippen LogP contribution >= 0.6 is 0 Å². The molecule has 0 unspecified atom stereocenters. The molecule has 2 heterocycles. The molecule has 2 rings (SSSR count). The van der Waals surface area contributed by atoms with E-state index in [0.717, 1.165) is 0 Å². The third-order valence-corrected chi connectivity index (χ3v) is 2.14. The van der Waals surface area contributed by atoms with Gasteiger partial charge in [0.15, 0.2) is 5.82 Å². The van der Waals surface area contributed by atoms with Crippen molar-refractivity contribution in [1.82, 2.24) is 25.1 Å². The predicted molar refractivity (Wildman–Crippen MR) is 62.2 cm³/mol. The molecule has 0 radical (unpaired) electrons. The molecular formula is C11H13N5O. The molecule has 0 bridgehead atoms. The van der Waals surface area contributed by atoms with E-state index < -0.39 is 0 Å².